The molecule has 9 nitrogen and oxygen atoms in total. The van der Waals surface area contributed by atoms with Gasteiger partial charge in [0.05, 0.1) is 0 Å². The van der Waals surface area contributed by atoms with Gasteiger partial charge in [0.1, 0.15) is 0 Å². The largest absolute Gasteiger partial charge is 0.360 e. The first kappa shape index (κ1) is 15.8. The van der Waals surface area contributed by atoms with E-state index in [-0.39, 0.29) is 0 Å². The predicted molar refractivity (Wildman–Crippen MR) is 93.6 cm³/mol. The third kappa shape index (κ3) is 3.13. The first-order valence-corrected chi connectivity index (χ1v) is 8.64. The predicted octanol–water partition coefficient (Wildman–Crippen LogP) is 1.72. The number of hydrogen-bond donors (Lipinski definition) is 0. The van der Waals surface area contributed by atoms with Crippen LogP contribution in [0, 0.1) is 0 Å². The molecule has 1 unspecified atom stereocenters. The Morgan fingerprint density at radius 2 is 2.04 bits per heavy atom. The Kier molecular flexibility index (Phi) is 4.21. The molecular formula is C16H22N8O. The highest BCUT2D eigenvalue weighted by molar-refractivity contribution is 5.74. The Morgan fingerprint density at radius 1 is 1.20 bits per heavy atom. The van der Waals surface area contributed by atoms with Crippen LogP contribution in [0.3, 0.4) is 0 Å². The summed E-state index contributed by atoms with van der Waals surface area (Å²) in [6, 6.07) is 2.36. The maximum absolute atomic E-state index is 4.79. The van der Waals surface area contributed by atoms with E-state index < -0.39 is 0 Å². The summed E-state index contributed by atoms with van der Waals surface area (Å²) in [7, 11) is 3.94. The average molecular weight is 342 g/mol. The van der Waals surface area contributed by atoms with Crippen LogP contribution in [0.25, 0.3) is 11.3 Å². The molecule has 25 heavy (non-hydrogen) atoms. The third-order valence-corrected chi connectivity index (χ3v) is 4.65. The minimum absolute atomic E-state index is 0.406. The summed E-state index contributed by atoms with van der Waals surface area (Å²) in [6.07, 6.45) is 8.38. The van der Waals surface area contributed by atoms with Gasteiger partial charge in [-0.1, -0.05) is 0 Å². The maximum atomic E-state index is 4.79. The van der Waals surface area contributed by atoms with Crippen molar-refractivity contribution in [2.24, 2.45) is 0 Å². The number of nitrogens with zero attached hydrogens (tertiary/aromatic N) is 8. The highest BCUT2D eigenvalue weighted by Gasteiger charge is 2.28. The van der Waals surface area contributed by atoms with Gasteiger partial charge in [0.2, 0.25) is 11.3 Å². The molecule has 0 spiro atoms. The molecule has 132 valence electrons. The van der Waals surface area contributed by atoms with E-state index in [1.807, 2.05) is 42.1 Å². The lowest BCUT2D eigenvalue weighted by molar-refractivity contribution is 0.314. The van der Waals surface area contributed by atoms with Crippen molar-refractivity contribution in [3.63, 3.8) is 0 Å². The molecule has 1 aliphatic rings. The molecule has 0 saturated carbocycles. The highest BCUT2D eigenvalue weighted by Crippen LogP contribution is 2.32. The van der Waals surface area contributed by atoms with Gasteiger partial charge < -0.3 is 9.80 Å². The quantitative estimate of drug-likeness (QED) is 0.692. The molecule has 9 heteroatoms. The number of aryl methyl sites for hydroxylation is 1. The molecule has 3 aromatic heterocycles. The monoisotopic (exact) mass is 342 g/mol. The molecule has 0 aliphatic carbocycles. The van der Waals surface area contributed by atoms with E-state index in [9.17, 15) is 0 Å². The second-order valence-corrected chi connectivity index (χ2v) is 6.58. The SMILES string of the molecule is CN(C)c1nc2nonc2nc1N1CCCCC1CCn1cccn1. The fraction of sp³-hybridized carbons (Fsp3) is 0.562. The molecule has 0 aromatic carbocycles. The standard InChI is InChI=1S/C16H22N8O/c1-22(2)15-16(19-14-13(18-15)20-25-21-14)24-10-4-3-6-12(24)7-11-23-9-5-8-17-23/h5,8-9,12H,3-4,6-7,10-11H2,1-2H3. The van der Waals surface area contributed by atoms with E-state index in [0.29, 0.717) is 17.3 Å². The lowest BCUT2D eigenvalue weighted by atomic mass is 9.99. The molecule has 0 amide bonds. The average Bonchev–Trinajstić information content (AvgIpc) is 3.30. The summed E-state index contributed by atoms with van der Waals surface area (Å²) >= 11 is 0. The number of hydrogen-bond acceptors (Lipinski definition) is 8. The van der Waals surface area contributed by atoms with Gasteiger partial charge >= 0.3 is 0 Å². The Bertz CT molecular complexity index is 828. The van der Waals surface area contributed by atoms with E-state index >= 15 is 0 Å². The van der Waals surface area contributed by atoms with Crippen molar-refractivity contribution in [2.75, 3.05) is 30.4 Å². The summed E-state index contributed by atoms with van der Waals surface area (Å²) in [5.41, 5.74) is 0.898. The Balaban J connectivity index is 1.64. The van der Waals surface area contributed by atoms with Crippen LogP contribution in [0.5, 0.6) is 0 Å². The summed E-state index contributed by atoms with van der Waals surface area (Å²) in [6.45, 7) is 1.86. The van der Waals surface area contributed by atoms with Crippen molar-refractivity contribution in [2.45, 2.75) is 38.3 Å². The smallest absolute Gasteiger partial charge is 0.245 e. The summed E-state index contributed by atoms with van der Waals surface area (Å²) in [5.74, 6) is 1.66. The zero-order valence-electron chi connectivity index (χ0n) is 14.5. The van der Waals surface area contributed by atoms with Crippen molar-refractivity contribution >= 4 is 22.9 Å². The molecule has 0 N–H and O–H groups in total. The van der Waals surface area contributed by atoms with Crippen LogP contribution in [0.15, 0.2) is 23.1 Å². The van der Waals surface area contributed by atoms with Crippen LogP contribution in [0.2, 0.25) is 0 Å². The van der Waals surface area contributed by atoms with Crippen LogP contribution in [-0.2, 0) is 6.54 Å². The number of aromatic nitrogens is 6. The van der Waals surface area contributed by atoms with E-state index in [1.165, 1.54) is 6.42 Å². The van der Waals surface area contributed by atoms with Gasteiger partial charge in [-0.25, -0.2) is 14.6 Å². The van der Waals surface area contributed by atoms with Crippen LogP contribution in [-0.4, -0.2) is 56.7 Å². The molecule has 1 atom stereocenters. The zero-order chi connectivity index (χ0) is 17.2. The third-order valence-electron chi connectivity index (χ3n) is 4.65. The normalized spacial score (nSPS) is 18.0. The van der Waals surface area contributed by atoms with Crippen LogP contribution < -0.4 is 9.80 Å². The molecule has 3 aromatic rings. The molecule has 0 bridgehead atoms. The molecule has 4 rings (SSSR count). The van der Waals surface area contributed by atoms with Gasteiger partial charge in [-0.05, 0) is 42.1 Å². The first-order chi connectivity index (χ1) is 12.2. The zero-order valence-corrected chi connectivity index (χ0v) is 14.5. The number of piperidine rings is 1. The molecule has 1 fully saturated rings. The fourth-order valence-electron chi connectivity index (χ4n) is 3.41. The van der Waals surface area contributed by atoms with Crippen LogP contribution >= 0.6 is 0 Å². The second kappa shape index (κ2) is 6.66. The van der Waals surface area contributed by atoms with Crippen molar-refractivity contribution in [3.8, 4) is 0 Å². The van der Waals surface area contributed by atoms with Gasteiger partial charge in [0, 0.05) is 45.6 Å². The Hall–Kier alpha value is -2.71. The van der Waals surface area contributed by atoms with E-state index in [2.05, 4.69) is 25.3 Å². The molecule has 4 heterocycles. The molecule has 0 radical (unpaired) electrons. The maximum Gasteiger partial charge on any atom is 0.245 e. The molecular weight excluding hydrogens is 320 g/mol. The van der Waals surface area contributed by atoms with Crippen molar-refractivity contribution in [1.29, 1.82) is 0 Å². The van der Waals surface area contributed by atoms with Crippen molar-refractivity contribution in [3.05, 3.63) is 18.5 Å². The first-order valence-electron chi connectivity index (χ1n) is 8.64. The molecule has 1 saturated heterocycles. The minimum Gasteiger partial charge on any atom is -0.360 e. The number of anilines is 2. The van der Waals surface area contributed by atoms with Gasteiger partial charge in [-0.15, -0.1) is 0 Å². The second-order valence-electron chi connectivity index (χ2n) is 6.58. The topological polar surface area (TPSA) is 89.0 Å². The fourth-order valence-corrected chi connectivity index (χ4v) is 3.41. The highest BCUT2D eigenvalue weighted by atomic mass is 16.6. The summed E-state index contributed by atoms with van der Waals surface area (Å²) in [5, 5.41) is 12.0. The lowest BCUT2D eigenvalue weighted by Crippen LogP contribution is -2.41. The van der Waals surface area contributed by atoms with Crippen molar-refractivity contribution < 1.29 is 4.63 Å². The lowest BCUT2D eigenvalue weighted by Gasteiger charge is -2.37. The minimum atomic E-state index is 0.406. The van der Waals surface area contributed by atoms with Crippen molar-refractivity contribution in [1.82, 2.24) is 30.1 Å². The Labute approximate surface area is 145 Å². The number of fused-ring (bicyclic) bond motifs is 1. The Morgan fingerprint density at radius 3 is 2.80 bits per heavy atom. The molecule has 1 aliphatic heterocycles. The van der Waals surface area contributed by atoms with Crippen LogP contribution in [0.1, 0.15) is 25.7 Å². The van der Waals surface area contributed by atoms with Gasteiger partial charge in [-0.3, -0.25) is 4.68 Å². The van der Waals surface area contributed by atoms with E-state index in [0.717, 1.165) is 44.0 Å². The van der Waals surface area contributed by atoms with Crippen LogP contribution in [0.4, 0.5) is 11.6 Å². The summed E-state index contributed by atoms with van der Waals surface area (Å²) < 4.78 is 6.77. The van der Waals surface area contributed by atoms with Gasteiger partial charge in [0.25, 0.3) is 0 Å². The van der Waals surface area contributed by atoms with Gasteiger partial charge in [-0.2, -0.15) is 5.10 Å². The van der Waals surface area contributed by atoms with E-state index in [1.54, 1.807) is 0 Å². The number of rotatable bonds is 5. The van der Waals surface area contributed by atoms with E-state index in [4.69, 9.17) is 9.61 Å². The summed E-state index contributed by atoms with van der Waals surface area (Å²) in [4.78, 5) is 13.6. The van der Waals surface area contributed by atoms with Gasteiger partial charge in [0.15, 0.2) is 11.6 Å².